The Balaban J connectivity index is 2.11. The van der Waals surface area contributed by atoms with Crippen LogP contribution >= 0.6 is 22.9 Å². The Bertz CT molecular complexity index is 584. The van der Waals surface area contributed by atoms with Gasteiger partial charge in [-0.25, -0.2) is 0 Å². The van der Waals surface area contributed by atoms with Gasteiger partial charge in [0.1, 0.15) is 0 Å². The van der Waals surface area contributed by atoms with E-state index in [9.17, 15) is 4.79 Å². The number of carbonyl (C=O) groups is 1. The zero-order valence-electron chi connectivity index (χ0n) is 10.0. The lowest BCUT2D eigenvalue weighted by atomic mass is 10.2. The van der Waals surface area contributed by atoms with Crippen molar-refractivity contribution >= 4 is 34.8 Å². The maximum atomic E-state index is 11.9. The molecule has 2 aromatic rings. The molecule has 92 valence electrons. The van der Waals surface area contributed by atoms with Gasteiger partial charge in [0.25, 0.3) is 0 Å². The van der Waals surface area contributed by atoms with E-state index in [4.69, 9.17) is 11.6 Å². The molecular weight excluding hydrogens is 264 g/mol. The van der Waals surface area contributed by atoms with Gasteiger partial charge in [-0.2, -0.15) is 0 Å². The van der Waals surface area contributed by atoms with Crippen LogP contribution in [0.1, 0.15) is 27.0 Å². The minimum atomic E-state index is 0.0414. The molecule has 0 aliphatic rings. The Labute approximate surface area is 116 Å². The van der Waals surface area contributed by atoms with Crippen molar-refractivity contribution in [2.45, 2.75) is 13.3 Å². The number of thiophene rings is 1. The van der Waals surface area contributed by atoms with Crippen LogP contribution in [0.4, 0.5) is 0 Å². The molecule has 0 unspecified atom stereocenters. The average Bonchev–Trinajstić information content (AvgIpc) is 2.85. The third kappa shape index (κ3) is 3.31. The lowest BCUT2D eigenvalue weighted by Crippen LogP contribution is -1.88. The second kappa shape index (κ2) is 5.98. The Morgan fingerprint density at radius 1 is 1.33 bits per heavy atom. The van der Waals surface area contributed by atoms with Crippen molar-refractivity contribution in [2.75, 3.05) is 0 Å². The molecule has 2 rings (SSSR count). The first-order chi connectivity index (χ1) is 8.69. The van der Waals surface area contributed by atoms with Crippen LogP contribution in [0.2, 0.25) is 5.02 Å². The Morgan fingerprint density at radius 3 is 2.83 bits per heavy atom. The Morgan fingerprint density at radius 2 is 2.17 bits per heavy atom. The summed E-state index contributed by atoms with van der Waals surface area (Å²) in [6, 6.07) is 11.3. The molecule has 0 radical (unpaired) electrons. The van der Waals surface area contributed by atoms with E-state index in [0.717, 1.165) is 16.9 Å². The van der Waals surface area contributed by atoms with Crippen LogP contribution in [0, 0.1) is 0 Å². The van der Waals surface area contributed by atoms with E-state index < -0.39 is 0 Å². The second-order valence-corrected chi connectivity index (χ2v) is 5.48. The minimum Gasteiger partial charge on any atom is -0.288 e. The number of rotatable bonds is 4. The van der Waals surface area contributed by atoms with Crippen molar-refractivity contribution in [1.29, 1.82) is 0 Å². The van der Waals surface area contributed by atoms with Gasteiger partial charge in [0.15, 0.2) is 5.78 Å². The zero-order valence-corrected chi connectivity index (χ0v) is 11.6. The number of hydrogen-bond acceptors (Lipinski definition) is 2. The fourth-order valence-electron chi connectivity index (χ4n) is 1.56. The van der Waals surface area contributed by atoms with Crippen LogP contribution < -0.4 is 0 Å². The van der Waals surface area contributed by atoms with Crippen LogP contribution in [0.5, 0.6) is 0 Å². The summed E-state index contributed by atoms with van der Waals surface area (Å²) in [5, 5.41) is 0.675. The molecule has 0 N–H and O–H groups in total. The van der Waals surface area contributed by atoms with Gasteiger partial charge in [-0.1, -0.05) is 36.7 Å². The molecule has 1 nitrogen and oxygen atoms in total. The molecule has 0 saturated carbocycles. The van der Waals surface area contributed by atoms with Crippen molar-refractivity contribution in [1.82, 2.24) is 0 Å². The normalized spacial score (nSPS) is 11.0. The summed E-state index contributed by atoms with van der Waals surface area (Å²) in [6.07, 6.45) is 4.35. The first-order valence-corrected chi connectivity index (χ1v) is 6.95. The van der Waals surface area contributed by atoms with Crippen LogP contribution in [-0.2, 0) is 6.42 Å². The standard InChI is InChI=1S/C15H13ClOS/c1-2-13-7-9-15(18-13)14(17)8-6-11-4-3-5-12(16)10-11/h3-10H,2H2,1H3/b8-6+. The number of aryl methyl sites for hydroxylation is 1. The number of ketones is 1. The van der Waals surface area contributed by atoms with Gasteiger partial charge in [0, 0.05) is 9.90 Å². The van der Waals surface area contributed by atoms with Crippen molar-refractivity contribution in [2.24, 2.45) is 0 Å². The van der Waals surface area contributed by atoms with Crippen LogP contribution in [0.25, 0.3) is 6.08 Å². The maximum absolute atomic E-state index is 11.9. The van der Waals surface area contributed by atoms with E-state index in [-0.39, 0.29) is 5.78 Å². The third-order valence-corrected chi connectivity index (χ3v) is 4.01. The van der Waals surface area contributed by atoms with E-state index in [1.54, 1.807) is 23.5 Å². The van der Waals surface area contributed by atoms with Crippen LogP contribution in [-0.4, -0.2) is 5.78 Å². The number of hydrogen-bond donors (Lipinski definition) is 0. The SMILES string of the molecule is CCc1ccc(C(=O)/C=C/c2cccc(Cl)c2)s1. The molecule has 0 aliphatic carbocycles. The smallest absolute Gasteiger partial charge is 0.195 e. The summed E-state index contributed by atoms with van der Waals surface area (Å²) in [7, 11) is 0. The highest BCUT2D eigenvalue weighted by molar-refractivity contribution is 7.14. The van der Waals surface area contributed by atoms with Crippen molar-refractivity contribution < 1.29 is 4.79 Å². The third-order valence-electron chi connectivity index (χ3n) is 2.53. The summed E-state index contributed by atoms with van der Waals surface area (Å²) in [6.45, 7) is 2.09. The van der Waals surface area contributed by atoms with Gasteiger partial charge in [0.05, 0.1) is 4.88 Å². The molecule has 0 bridgehead atoms. The van der Waals surface area contributed by atoms with Crippen molar-refractivity contribution in [3.8, 4) is 0 Å². The molecule has 3 heteroatoms. The summed E-state index contributed by atoms with van der Waals surface area (Å²) in [5.41, 5.74) is 0.933. The van der Waals surface area contributed by atoms with E-state index in [2.05, 4.69) is 6.92 Å². The molecule has 1 aromatic heterocycles. The van der Waals surface area contributed by atoms with E-state index in [1.807, 2.05) is 36.4 Å². The summed E-state index contributed by atoms with van der Waals surface area (Å²) < 4.78 is 0. The predicted octanol–water partition coefficient (Wildman–Crippen LogP) is 4.86. The quantitative estimate of drug-likeness (QED) is 0.576. The molecule has 0 saturated heterocycles. The summed E-state index contributed by atoms with van der Waals surface area (Å²) in [5.74, 6) is 0.0414. The Kier molecular flexibility index (Phi) is 4.34. The molecule has 0 atom stereocenters. The Hall–Kier alpha value is -1.38. The number of benzene rings is 1. The molecule has 1 aromatic carbocycles. The van der Waals surface area contributed by atoms with Gasteiger partial charge in [-0.05, 0) is 42.3 Å². The van der Waals surface area contributed by atoms with Crippen LogP contribution in [0.3, 0.4) is 0 Å². The second-order valence-electron chi connectivity index (χ2n) is 3.87. The van der Waals surface area contributed by atoms with Gasteiger partial charge in [0.2, 0.25) is 0 Å². The van der Waals surface area contributed by atoms with E-state index >= 15 is 0 Å². The lowest BCUT2D eigenvalue weighted by molar-refractivity contribution is 0.105. The van der Waals surface area contributed by atoms with E-state index in [1.165, 1.54) is 4.88 Å². The molecule has 0 fully saturated rings. The summed E-state index contributed by atoms with van der Waals surface area (Å²) in [4.78, 5) is 13.9. The zero-order chi connectivity index (χ0) is 13.0. The number of allylic oxidation sites excluding steroid dienone is 1. The highest BCUT2D eigenvalue weighted by Crippen LogP contribution is 2.18. The van der Waals surface area contributed by atoms with Crippen molar-refractivity contribution in [3.63, 3.8) is 0 Å². The molecule has 0 aliphatic heterocycles. The molecule has 0 spiro atoms. The maximum Gasteiger partial charge on any atom is 0.195 e. The first kappa shape index (κ1) is 13.1. The number of carbonyl (C=O) groups excluding carboxylic acids is 1. The summed E-state index contributed by atoms with van der Waals surface area (Å²) >= 11 is 7.43. The fraction of sp³-hybridized carbons (Fsp3) is 0.133. The predicted molar refractivity (Wildman–Crippen MR) is 78.5 cm³/mol. The highest BCUT2D eigenvalue weighted by atomic mass is 35.5. The topological polar surface area (TPSA) is 17.1 Å². The largest absolute Gasteiger partial charge is 0.288 e. The van der Waals surface area contributed by atoms with Crippen molar-refractivity contribution in [3.05, 3.63) is 62.8 Å². The minimum absolute atomic E-state index is 0.0414. The van der Waals surface area contributed by atoms with Gasteiger partial charge < -0.3 is 0 Å². The fourth-order valence-corrected chi connectivity index (χ4v) is 2.63. The average molecular weight is 277 g/mol. The highest BCUT2D eigenvalue weighted by Gasteiger charge is 2.05. The van der Waals surface area contributed by atoms with Gasteiger partial charge >= 0.3 is 0 Å². The molecular formula is C15H13ClOS. The van der Waals surface area contributed by atoms with E-state index in [0.29, 0.717) is 5.02 Å². The van der Waals surface area contributed by atoms with Gasteiger partial charge in [-0.3, -0.25) is 4.79 Å². The lowest BCUT2D eigenvalue weighted by Gasteiger charge is -1.94. The first-order valence-electron chi connectivity index (χ1n) is 5.75. The monoisotopic (exact) mass is 276 g/mol. The number of halogens is 1. The van der Waals surface area contributed by atoms with Crippen LogP contribution in [0.15, 0.2) is 42.5 Å². The molecule has 1 heterocycles. The molecule has 0 amide bonds. The molecule has 18 heavy (non-hydrogen) atoms. The van der Waals surface area contributed by atoms with Gasteiger partial charge in [-0.15, -0.1) is 11.3 Å².